The Kier molecular flexibility index (Phi) is 3.30. The van der Waals surface area contributed by atoms with Gasteiger partial charge in [0.1, 0.15) is 0 Å². The highest BCUT2D eigenvalue weighted by Crippen LogP contribution is 2.40. The summed E-state index contributed by atoms with van der Waals surface area (Å²) in [6.45, 7) is 5.78. The molecule has 0 heterocycles. The van der Waals surface area contributed by atoms with Gasteiger partial charge in [0.25, 0.3) is 0 Å². The van der Waals surface area contributed by atoms with E-state index in [1.54, 1.807) is 0 Å². The normalized spacial score (nSPS) is 31.9. The highest BCUT2D eigenvalue weighted by Gasteiger charge is 2.38. The number of hydrogen-bond donors (Lipinski definition) is 2. The van der Waals surface area contributed by atoms with Crippen molar-refractivity contribution in [1.82, 2.24) is 5.43 Å². The molecule has 3 heteroatoms. The molecule has 66 valence electrons. The molecule has 3 nitrogen and oxygen atoms in total. The monoisotopic (exact) mass is 158 g/mol. The molecule has 1 aliphatic carbocycles. The second kappa shape index (κ2) is 4.04. The molecule has 1 fully saturated rings. The summed E-state index contributed by atoms with van der Waals surface area (Å²) in [5.74, 6) is 6.96. The van der Waals surface area contributed by atoms with Crippen molar-refractivity contribution < 1.29 is 4.74 Å². The first-order valence-electron chi connectivity index (χ1n) is 4.33. The average Bonchev–Trinajstić information content (AvgIpc) is 2.69. The molecule has 0 aromatic heterocycles. The minimum absolute atomic E-state index is 0.366. The fraction of sp³-hybridized carbons (Fsp3) is 1.00. The summed E-state index contributed by atoms with van der Waals surface area (Å²) in [4.78, 5) is 0. The number of ether oxygens (including phenoxy) is 1. The van der Waals surface area contributed by atoms with E-state index in [1.807, 2.05) is 6.92 Å². The first-order valence-corrected chi connectivity index (χ1v) is 4.33. The van der Waals surface area contributed by atoms with E-state index >= 15 is 0 Å². The minimum atomic E-state index is 0.366. The largest absolute Gasteiger partial charge is 0.380 e. The zero-order valence-electron chi connectivity index (χ0n) is 7.34. The van der Waals surface area contributed by atoms with E-state index < -0.39 is 0 Å². The molecule has 11 heavy (non-hydrogen) atoms. The van der Waals surface area contributed by atoms with Gasteiger partial charge in [-0.15, -0.1) is 0 Å². The lowest BCUT2D eigenvalue weighted by atomic mass is 10.2. The third kappa shape index (κ3) is 2.43. The van der Waals surface area contributed by atoms with Crippen molar-refractivity contribution >= 4 is 0 Å². The molecule has 1 rings (SSSR count). The maximum atomic E-state index is 5.39. The van der Waals surface area contributed by atoms with E-state index in [2.05, 4.69) is 12.3 Å². The van der Waals surface area contributed by atoms with Gasteiger partial charge in [-0.3, -0.25) is 11.3 Å². The minimum Gasteiger partial charge on any atom is -0.380 e. The quantitative estimate of drug-likeness (QED) is 0.453. The Bertz CT molecular complexity index is 119. The molecular weight excluding hydrogens is 140 g/mol. The van der Waals surface area contributed by atoms with Gasteiger partial charge in [-0.25, -0.2) is 0 Å². The second-order valence-electron chi connectivity index (χ2n) is 3.31. The molecule has 0 aromatic rings. The number of nitrogens with one attached hydrogen (secondary N) is 1. The zero-order valence-corrected chi connectivity index (χ0v) is 7.34. The summed E-state index contributed by atoms with van der Waals surface area (Å²) in [6, 6.07) is 0.366. The first-order chi connectivity index (χ1) is 5.29. The Balaban J connectivity index is 2.15. The van der Waals surface area contributed by atoms with Crippen molar-refractivity contribution in [3.63, 3.8) is 0 Å². The van der Waals surface area contributed by atoms with Crippen LogP contribution >= 0.6 is 0 Å². The van der Waals surface area contributed by atoms with E-state index in [1.165, 1.54) is 6.42 Å². The summed E-state index contributed by atoms with van der Waals surface area (Å²) in [7, 11) is 0. The maximum Gasteiger partial charge on any atom is 0.0635 e. The fourth-order valence-corrected chi connectivity index (χ4v) is 1.45. The van der Waals surface area contributed by atoms with Crippen molar-refractivity contribution in [3.05, 3.63) is 0 Å². The Morgan fingerprint density at radius 2 is 2.36 bits per heavy atom. The molecule has 3 atom stereocenters. The summed E-state index contributed by atoms with van der Waals surface area (Å²) in [5, 5.41) is 0. The Hall–Kier alpha value is -0.120. The Morgan fingerprint density at radius 3 is 2.73 bits per heavy atom. The maximum absolute atomic E-state index is 5.39. The smallest absolute Gasteiger partial charge is 0.0635 e. The molecule has 0 aromatic carbocycles. The molecular formula is C8H18N2O. The third-order valence-electron chi connectivity index (χ3n) is 2.40. The van der Waals surface area contributed by atoms with Crippen LogP contribution in [0.15, 0.2) is 0 Å². The van der Waals surface area contributed by atoms with Gasteiger partial charge in [0.15, 0.2) is 0 Å². The van der Waals surface area contributed by atoms with Crippen molar-refractivity contribution in [3.8, 4) is 0 Å². The van der Waals surface area contributed by atoms with Crippen LogP contribution in [0.25, 0.3) is 0 Å². The third-order valence-corrected chi connectivity index (χ3v) is 2.40. The number of nitrogens with two attached hydrogens (primary N) is 1. The molecule has 3 N–H and O–H groups in total. The highest BCUT2D eigenvalue weighted by molar-refractivity contribution is 4.91. The van der Waals surface area contributed by atoms with Crippen LogP contribution in [0.3, 0.4) is 0 Å². The van der Waals surface area contributed by atoms with Crippen molar-refractivity contribution in [2.24, 2.45) is 17.7 Å². The zero-order chi connectivity index (χ0) is 8.27. The van der Waals surface area contributed by atoms with Gasteiger partial charge < -0.3 is 4.74 Å². The second-order valence-corrected chi connectivity index (χ2v) is 3.31. The van der Waals surface area contributed by atoms with Crippen LogP contribution in [0.5, 0.6) is 0 Å². The van der Waals surface area contributed by atoms with Crippen LogP contribution in [-0.2, 0) is 4.74 Å². The summed E-state index contributed by atoms with van der Waals surface area (Å²) in [6.07, 6.45) is 1.29. The molecule has 3 unspecified atom stereocenters. The van der Waals surface area contributed by atoms with Gasteiger partial charge in [0.05, 0.1) is 6.61 Å². The fourth-order valence-electron chi connectivity index (χ4n) is 1.45. The molecule has 0 bridgehead atoms. The van der Waals surface area contributed by atoms with E-state index in [0.717, 1.165) is 25.0 Å². The van der Waals surface area contributed by atoms with Gasteiger partial charge >= 0.3 is 0 Å². The topological polar surface area (TPSA) is 47.3 Å². The van der Waals surface area contributed by atoms with Crippen molar-refractivity contribution in [1.29, 1.82) is 0 Å². The van der Waals surface area contributed by atoms with E-state index in [0.29, 0.717) is 6.04 Å². The van der Waals surface area contributed by atoms with Gasteiger partial charge in [-0.1, -0.05) is 6.92 Å². The van der Waals surface area contributed by atoms with Gasteiger partial charge in [0, 0.05) is 12.6 Å². The SMILES string of the molecule is CCOCC(NN)C1CC1C. The van der Waals surface area contributed by atoms with E-state index in [4.69, 9.17) is 10.6 Å². The Morgan fingerprint density at radius 1 is 1.73 bits per heavy atom. The van der Waals surface area contributed by atoms with E-state index in [9.17, 15) is 0 Å². The molecule has 0 spiro atoms. The predicted octanol–water partition coefficient (Wildman–Crippen LogP) is 0.511. The summed E-state index contributed by atoms with van der Waals surface area (Å²) >= 11 is 0. The number of hydrogen-bond acceptors (Lipinski definition) is 3. The van der Waals surface area contributed by atoms with Crippen LogP contribution in [-0.4, -0.2) is 19.3 Å². The lowest BCUT2D eigenvalue weighted by Gasteiger charge is -2.14. The van der Waals surface area contributed by atoms with Crippen LogP contribution in [0.1, 0.15) is 20.3 Å². The molecule has 1 aliphatic rings. The molecule has 1 saturated carbocycles. The van der Waals surface area contributed by atoms with Crippen LogP contribution in [0.4, 0.5) is 0 Å². The number of hydrazine groups is 1. The standard InChI is InChI=1S/C8H18N2O/c1-3-11-5-8(10-9)7-4-6(7)2/h6-8,10H,3-5,9H2,1-2H3. The van der Waals surface area contributed by atoms with Gasteiger partial charge in [0.2, 0.25) is 0 Å². The average molecular weight is 158 g/mol. The van der Waals surface area contributed by atoms with Gasteiger partial charge in [-0.05, 0) is 25.2 Å². The lowest BCUT2D eigenvalue weighted by molar-refractivity contribution is 0.115. The molecule has 0 amide bonds. The first kappa shape index (κ1) is 8.97. The van der Waals surface area contributed by atoms with Crippen LogP contribution < -0.4 is 11.3 Å². The number of rotatable bonds is 5. The molecule has 0 radical (unpaired) electrons. The van der Waals surface area contributed by atoms with Crippen LogP contribution in [0, 0.1) is 11.8 Å². The Labute approximate surface area is 68.3 Å². The summed E-state index contributed by atoms with van der Waals surface area (Å²) in [5.41, 5.74) is 2.80. The van der Waals surface area contributed by atoms with Crippen molar-refractivity contribution in [2.45, 2.75) is 26.3 Å². The lowest BCUT2D eigenvalue weighted by Crippen LogP contribution is -2.40. The highest BCUT2D eigenvalue weighted by atomic mass is 16.5. The van der Waals surface area contributed by atoms with Crippen molar-refractivity contribution in [2.75, 3.05) is 13.2 Å². The molecule has 0 aliphatic heterocycles. The van der Waals surface area contributed by atoms with E-state index in [-0.39, 0.29) is 0 Å². The predicted molar refractivity (Wildman–Crippen MR) is 44.9 cm³/mol. The van der Waals surface area contributed by atoms with Gasteiger partial charge in [-0.2, -0.15) is 0 Å². The van der Waals surface area contributed by atoms with Crippen LogP contribution in [0.2, 0.25) is 0 Å². The molecule has 0 saturated heterocycles. The summed E-state index contributed by atoms with van der Waals surface area (Å²) < 4.78 is 5.29.